The van der Waals surface area contributed by atoms with Crippen molar-refractivity contribution in [2.24, 2.45) is 0 Å². The summed E-state index contributed by atoms with van der Waals surface area (Å²) in [6.07, 6.45) is 0. The third-order valence-corrected chi connectivity index (χ3v) is 0.744. The number of hydrogen-bond donors (Lipinski definition) is 2. The zero-order chi connectivity index (χ0) is 11.4. The van der Waals surface area contributed by atoms with Gasteiger partial charge >= 0.3 is 0 Å². The van der Waals surface area contributed by atoms with E-state index >= 15 is 0 Å². The summed E-state index contributed by atoms with van der Waals surface area (Å²) in [5, 5.41) is 14.8. The lowest BCUT2D eigenvalue weighted by atomic mass is 10.6. The van der Waals surface area contributed by atoms with Crippen LogP contribution < -0.4 is 0 Å². The van der Waals surface area contributed by atoms with Gasteiger partial charge in [-0.2, -0.15) is 0 Å². The van der Waals surface area contributed by atoms with Crippen LogP contribution in [-0.2, 0) is 19.1 Å². The second-order valence-corrected chi connectivity index (χ2v) is 2.26. The van der Waals surface area contributed by atoms with Crippen molar-refractivity contribution in [3.05, 3.63) is 0 Å². The molecule has 0 aromatic carbocycles. The highest BCUT2D eigenvalue weighted by Crippen LogP contribution is 1.85. The molecule has 1 fully saturated rings. The quantitative estimate of drug-likeness (QED) is 0.591. The lowest BCUT2D eigenvalue weighted by Crippen LogP contribution is -2.16. The van der Waals surface area contributed by atoms with Crippen LogP contribution in [0.2, 0.25) is 0 Å². The first kappa shape index (κ1) is 15.3. The second-order valence-electron chi connectivity index (χ2n) is 2.26. The normalized spacial score (nSPS) is 13.9. The summed E-state index contributed by atoms with van der Waals surface area (Å²) in [6.45, 7) is 5.28. The van der Waals surface area contributed by atoms with Gasteiger partial charge in [0.25, 0.3) is 11.9 Å². The first-order valence-corrected chi connectivity index (χ1v) is 4.01. The molecule has 0 amide bonds. The summed E-state index contributed by atoms with van der Waals surface area (Å²) in [4.78, 5) is 18.0. The van der Waals surface area contributed by atoms with Crippen molar-refractivity contribution in [3.63, 3.8) is 0 Å². The van der Waals surface area contributed by atoms with Crippen LogP contribution in [0.25, 0.3) is 0 Å². The molecule has 1 heterocycles. The number of aliphatic carboxylic acids is 2. The van der Waals surface area contributed by atoms with Crippen molar-refractivity contribution >= 4 is 11.9 Å². The third-order valence-electron chi connectivity index (χ3n) is 0.744. The van der Waals surface area contributed by atoms with Crippen molar-refractivity contribution in [2.45, 2.75) is 13.8 Å². The Hall–Kier alpha value is -1.14. The van der Waals surface area contributed by atoms with Crippen LogP contribution in [0.1, 0.15) is 13.8 Å². The molecule has 14 heavy (non-hydrogen) atoms. The third kappa shape index (κ3) is 44.7. The Morgan fingerprint density at radius 3 is 1.07 bits per heavy atom. The maximum absolute atomic E-state index is 9.00. The Morgan fingerprint density at radius 1 is 0.857 bits per heavy atom. The van der Waals surface area contributed by atoms with Gasteiger partial charge in [-0.1, -0.05) is 0 Å². The fraction of sp³-hybridized carbons (Fsp3) is 0.750. The summed E-state index contributed by atoms with van der Waals surface area (Å²) in [6, 6.07) is 0. The van der Waals surface area contributed by atoms with Crippen LogP contribution in [0.15, 0.2) is 0 Å². The highest BCUT2D eigenvalue weighted by molar-refractivity contribution is 5.63. The molecule has 0 aromatic heterocycles. The first-order valence-electron chi connectivity index (χ1n) is 4.01. The van der Waals surface area contributed by atoms with E-state index in [9.17, 15) is 0 Å². The molecular formula is C8H16O6. The largest absolute Gasteiger partial charge is 0.481 e. The average molecular weight is 208 g/mol. The highest BCUT2D eigenvalue weighted by atomic mass is 16.6. The monoisotopic (exact) mass is 208 g/mol. The van der Waals surface area contributed by atoms with E-state index in [1.165, 1.54) is 0 Å². The molecule has 0 spiro atoms. The van der Waals surface area contributed by atoms with E-state index in [4.69, 9.17) is 29.3 Å². The molecule has 0 bridgehead atoms. The highest BCUT2D eigenvalue weighted by Gasteiger charge is 1.94. The molecule has 6 heteroatoms. The van der Waals surface area contributed by atoms with E-state index in [1.54, 1.807) is 0 Å². The van der Waals surface area contributed by atoms with Gasteiger partial charge in [0.05, 0.1) is 26.4 Å². The van der Waals surface area contributed by atoms with Crippen LogP contribution in [-0.4, -0.2) is 48.6 Å². The molecule has 2 N–H and O–H groups in total. The lowest BCUT2D eigenvalue weighted by molar-refractivity contribution is -0.135. The maximum Gasteiger partial charge on any atom is 0.300 e. The summed E-state index contributed by atoms with van der Waals surface area (Å²) in [7, 11) is 0. The number of hydrogen-bond acceptors (Lipinski definition) is 4. The molecule has 1 rings (SSSR count). The molecule has 0 aromatic rings. The Bertz CT molecular complexity index is 120. The minimum atomic E-state index is -0.833. The Labute approximate surface area is 82.4 Å². The molecule has 0 unspecified atom stereocenters. The number of carboxylic acids is 2. The summed E-state index contributed by atoms with van der Waals surface area (Å²) < 4.78 is 9.89. The molecule has 1 aliphatic heterocycles. The molecule has 84 valence electrons. The Kier molecular flexibility index (Phi) is 13.0. The van der Waals surface area contributed by atoms with E-state index in [0.717, 1.165) is 40.3 Å². The van der Waals surface area contributed by atoms with Crippen LogP contribution in [0, 0.1) is 0 Å². The van der Waals surface area contributed by atoms with Crippen LogP contribution >= 0.6 is 0 Å². The molecule has 1 saturated heterocycles. The van der Waals surface area contributed by atoms with Gasteiger partial charge in [0, 0.05) is 13.8 Å². The number of ether oxygens (including phenoxy) is 2. The summed E-state index contributed by atoms with van der Waals surface area (Å²) in [5.41, 5.74) is 0. The Balaban J connectivity index is 0. The standard InChI is InChI=1S/C4H8O2.2C2H4O2/c1-2-6-4-3-5-1;2*1-2(3)4/h1-4H2;2*1H3,(H,3,4). The van der Waals surface area contributed by atoms with E-state index in [1.807, 2.05) is 0 Å². The lowest BCUT2D eigenvalue weighted by Gasteiger charge is -2.09. The maximum atomic E-state index is 9.00. The van der Waals surface area contributed by atoms with Gasteiger partial charge in [-0.15, -0.1) is 0 Å². The fourth-order valence-electron chi connectivity index (χ4n) is 0.440. The van der Waals surface area contributed by atoms with Crippen molar-refractivity contribution in [3.8, 4) is 0 Å². The topological polar surface area (TPSA) is 93.1 Å². The molecule has 0 aliphatic carbocycles. The predicted octanol–water partition coefficient (Wildman–Crippen LogP) is 0.215. The number of rotatable bonds is 0. The fourth-order valence-corrected chi connectivity index (χ4v) is 0.440. The zero-order valence-corrected chi connectivity index (χ0v) is 8.36. The van der Waals surface area contributed by atoms with Crippen LogP contribution in [0.5, 0.6) is 0 Å². The molecule has 0 atom stereocenters. The van der Waals surface area contributed by atoms with Crippen LogP contribution in [0.3, 0.4) is 0 Å². The van der Waals surface area contributed by atoms with E-state index < -0.39 is 11.9 Å². The van der Waals surface area contributed by atoms with Gasteiger partial charge < -0.3 is 19.7 Å². The Morgan fingerprint density at radius 2 is 1.00 bits per heavy atom. The van der Waals surface area contributed by atoms with E-state index in [0.29, 0.717) is 0 Å². The van der Waals surface area contributed by atoms with Crippen molar-refractivity contribution in [2.75, 3.05) is 26.4 Å². The van der Waals surface area contributed by atoms with Crippen molar-refractivity contribution in [1.82, 2.24) is 0 Å². The van der Waals surface area contributed by atoms with Gasteiger partial charge in [-0.25, -0.2) is 0 Å². The molecule has 6 nitrogen and oxygen atoms in total. The number of carbonyl (C=O) groups is 2. The summed E-state index contributed by atoms with van der Waals surface area (Å²) >= 11 is 0. The van der Waals surface area contributed by atoms with Gasteiger partial charge in [0.1, 0.15) is 0 Å². The predicted molar refractivity (Wildman–Crippen MR) is 48.3 cm³/mol. The van der Waals surface area contributed by atoms with Crippen LogP contribution in [0.4, 0.5) is 0 Å². The van der Waals surface area contributed by atoms with E-state index in [-0.39, 0.29) is 0 Å². The van der Waals surface area contributed by atoms with Gasteiger partial charge in [0.15, 0.2) is 0 Å². The van der Waals surface area contributed by atoms with Gasteiger partial charge in [-0.3, -0.25) is 9.59 Å². The molecular weight excluding hydrogens is 192 g/mol. The van der Waals surface area contributed by atoms with E-state index in [2.05, 4.69) is 0 Å². The SMILES string of the molecule is C1COCCO1.CC(=O)O.CC(=O)O. The summed E-state index contributed by atoms with van der Waals surface area (Å²) in [5.74, 6) is -1.67. The average Bonchev–Trinajstić information content (AvgIpc) is 2.05. The molecule has 1 aliphatic rings. The van der Waals surface area contributed by atoms with Gasteiger partial charge in [-0.05, 0) is 0 Å². The molecule has 0 radical (unpaired) electrons. The second kappa shape index (κ2) is 11.9. The van der Waals surface area contributed by atoms with Crippen molar-refractivity contribution < 1.29 is 29.3 Å². The first-order chi connectivity index (χ1) is 6.46. The molecule has 0 saturated carbocycles. The minimum absolute atomic E-state index is 0.778. The smallest absolute Gasteiger partial charge is 0.300 e. The number of carboxylic acid groups (broad SMARTS) is 2. The van der Waals surface area contributed by atoms with Crippen molar-refractivity contribution in [1.29, 1.82) is 0 Å². The zero-order valence-electron chi connectivity index (χ0n) is 8.36. The van der Waals surface area contributed by atoms with Gasteiger partial charge in [0.2, 0.25) is 0 Å². The minimum Gasteiger partial charge on any atom is -0.481 e.